The Labute approximate surface area is 126 Å². The average Bonchev–Trinajstić information content (AvgIpc) is 2.91. The van der Waals surface area contributed by atoms with Gasteiger partial charge in [0, 0.05) is 45.1 Å². The van der Waals surface area contributed by atoms with Gasteiger partial charge in [0.15, 0.2) is 0 Å². The van der Waals surface area contributed by atoms with Gasteiger partial charge in [0.2, 0.25) is 11.8 Å². The first-order chi connectivity index (χ1) is 10.2. The molecule has 1 atom stereocenters. The average molecular weight is 297 g/mol. The van der Waals surface area contributed by atoms with Gasteiger partial charge in [0.05, 0.1) is 6.61 Å². The molecule has 0 saturated carbocycles. The minimum atomic E-state index is 0.00672. The number of aliphatic hydroxyl groups excluding tert-OH is 1. The van der Waals surface area contributed by atoms with Gasteiger partial charge in [-0.15, -0.1) is 0 Å². The Morgan fingerprint density at radius 2 is 2.10 bits per heavy atom. The number of likely N-dealkylation sites (tertiary alicyclic amines) is 2. The lowest BCUT2D eigenvalue weighted by Gasteiger charge is -2.34. The third-order valence-corrected chi connectivity index (χ3v) is 4.46. The summed E-state index contributed by atoms with van der Waals surface area (Å²) < 4.78 is 0. The fourth-order valence-corrected chi connectivity index (χ4v) is 3.17. The molecule has 2 saturated heterocycles. The van der Waals surface area contributed by atoms with Gasteiger partial charge in [0.25, 0.3) is 0 Å². The summed E-state index contributed by atoms with van der Waals surface area (Å²) in [6.07, 6.45) is 5.31. The predicted octanol–water partition coefficient (Wildman–Crippen LogP) is -0.0381. The third-order valence-electron chi connectivity index (χ3n) is 4.46. The van der Waals surface area contributed by atoms with Crippen molar-refractivity contribution in [1.82, 2.24) is 15.1 Å². The first kappa shape index (κ1) is 16.2. The van der Waals surface area contributed by atoms with Gasteiger partial charge < -0.3 is 15.3 Å². The standard InChI is InChI=1S/C15H27N3O3/c19-12-13-4-1-2-8-17(13)11-7-16-14(20)6-10-18-9-3-5-15(18)21/h13,19H,1-12H2,(H,16,20)/t13-/m0/s1. The lowest BCUT2D eigenvalue weighted by atomic mass is 10.0. The normalized spacial score (nSPS) is 23.6. The van der Waals surface area contributed by atoms with Crippen molar-refractivity contribution in [1.29, 1.82) is 0 Å². The van der Waals surface area contributed by atoms with Gasteiger partial charge in [-0.1, -0.05) is 6.42 Å². The largest absolute Gasteiger partial charge is 0.395 e. The third kappa shape index (κ3) is 4.97. The Bertz CT molecular complexity index is 362. The molecule has 2 rings (SSSR count). The Morgan fingerprint density at radius 1 is 1.24 bits per heavy atom. The number of nitrogens with one attached hydrogen (secondary N) is 1. The fourth-order valence-electron chi connectivity index (χ4n) is 3.17. The quantitative estimate of drug-likeness (QED) is 0.692. The maximum atomic E-state index is 11.8. The molecule has 0 bridgehead atoms. The minimum Gasteiger partial charge on any atom is -0.395 e. The summed E-state index contributed by atoms with van der Waals surface area (Å²) in [5, 5.41) is 12.2. The maximum Gasteiger partial charge on any atom is 0.222 e. The second-order valence-electron chi connectivity index (χ2n) is 5.95. The van der Waals surface area contributed by atoms with E-state index in [1.165, 1.54) is 12.8 Å². The number of carbonyl (C=O) groups is 2. The van der Waals surface area contributed by atoms with E-state index < -0.39 is 0 Å². The van der Waals surface area contributed by atoms with E-state index in [2.05, 4.69) is 10.2 Å². The summed E-state index contributed by atoms with van der Waals surface area (Å²) in [5.74, 6) is 0.175. The Hall–Kier alpha value is -1.14. The van der Waals surface area contributed by atoms with Gasteiger partial charge in [-0.2, -0.15) is 0 Å². The van der Waals surface area contributed by atoms with Crippen LogP contribution in [-0.4, -0.2) is 72.1 Å². The number of hydrogen-bond acceptors (Lipinski definition) is 4. The van der Waals surface area contributed by atoms with Crippen LogP contribution >= 0.6 is 0 Å². The number of rotatable bonds is 7. The lowest BCUT2D eigenvalue weighted by molar-refractivity contribution is -0.128. The summed E-state index contributed by atoms with van der Waals surface area (Å²) in [5.41, 5.74) is 0. The van der Waals surface area contributed by atoms with Crippen molar-refractivity contribution >= 4 is 11.8 Å². The molecule has 6 heteroatoms. The summed E-state index contributed by atoms with van der Waals surface area (Å²) in [7, 11) is 0. The van der Waals surface area contributed by atoms with E-state index in [1.807, 2.05) is 0 Å². The van der Waals surface area contributed by atoms with Crippen LogP contribution in [0, 0.1) is 0 Å². The van der Waals surface area contributed by atoms with E-state index >= 15 is 0 Å². The van der Waals surface area contributed by atoms with Crippen LogP contribution in [0.2, 0.25) is 0 Å². The highest BCUT2D eigenvalue weighted by Crippen LogP contribution is 2.15. The van der Waals surface area contributed by atoms with Gasteiger partial charge >= 0.3 is 0 Å². The van der Waals surface area contributed by atoms with Crippen molar-refractivity contribution in [3.63, 3.8) is 0 Å². The number of carbonyl (C=O) groups excluding carboxylic acids is 2. The van der Waals surface area contributed by atoms with Crippen molar-refractivity contribution in [2.45, 2.75) is 44.6 Å². The lowest BCUT2D eigenvalue weighted by Crippen LogP contribution is -2.45. The maximum absolute atomic E-state index is 11.8. The van der Waals surface area contributed by atoms with Crippen molar-refractivity contribution in [2.75, 3.05) is 39.3 Å². The summed E-state index contributed by atoms with van der Waals surface area (Å²) in [6, 6.07) is 0.248. The summed E-state index contributed by atoms with van der Waals surface area (Å²) in [4.78, 5) is 27.3. The Balaban J connectivity index is 1.59. The predicted molar refractivity (Wildman–Crippen MR) is 79.7 cm³/mol. The van der Waals surface area contributed by atoms with E-state index in [0.717, 1.165) is 32.5 Å². The van der Waals surface area contributed by atoms with Gasteiger partial charge in [-0.05, 0) is 25.8 Å². The van der Waals surface area contributed by atoms with Crippen molar-refractivity contribution in [2.24, 2.45) is 0 Å². The van der Waals surface area contributed by atoms with Crippen LogP contribution in [0.4, 0.5) is 0 Å². The van der Waals surface area contributed by atoms with E-state index in [-0.39, 0.29) is 24.5 Å². The molecule has 2 heterocycles. The van der Waals surface area contributed by atoms with Gasteiger partial charge in [0.1, 0.15) is 0 Å². The molecule has 2 fully saturated rings. The zero-order valence-corrected chi connectivity index (χ0v) is 12.7. The Morgan fingerprint density at radius 3 is 2.81 bits per heavy atom. The molecule has 120 valence electrons. The second kappa shape index (κ2) is 8.34. The van der Waals surface area contributed by atoms with Crippen LogP contribution < -0.4 is 5.32 Å². The molecule has 0 aliphatic carbocycles. The molecule has 21 heavy (non-hydrogen) atoms. The first-order valence-electron chi connectivity index (χ1n) is 8.10. The molecule has 0 spiro atoms. The highest BCUT2D eigenvalue weighted by molar-refractivity contribution is 5.80. The number of piperidine rings is 1. The van der Waals surface area contributed by atoms with Gasteiger partial charge in [-0.25, -0.2) is 0 Å². The number of aliphatic hydroxyl groups is 1. The minimum absolute atomic E-state index is 0.00672. The van der Waals surface area contributed by atoms with Crippen molar-refractivity contribution in [3.05, 3.63) is 0 Å². The molecule has 0 aromatic rings. The molecule has 0 radical (unpaired) electrons. The van der Waals surface area contributed by atoms with E-state index in [1.54, 1.807) is 4.90 Å². The zero-order chi connectivity index (χ0) is 15.1. The zero-order valence-electron chi connectivity index (χ0n) is 12.7. The van der Waals surface area contributed by atoms with Crippen molar-refractivity contribution < 1.29 is 14.7 Å². The second-order valence-corrected chi connectivity index (χ2v) is 5.95. The van der Waals surface area contributed by atoms with Crippen LogP contribution in [0.1, 0.15) is 38.5 Å². The molecule has 0 aromatic carbocycles. The highest BCUT2D eigenvalue weighted by atomic mass is 16.3. The highest BCUT2D eigenvalue weighted by Gasteiger charge is 2.22. The molecule has 2 aliphatic heterocycles. The van der Waals surface area contributed by atoms with E-state index in [4.69, 9.17) is 0 Å². The molecular formula is C15H27N3O3. The van der Waals surface area contributed by atoms with Crippen LogP contribution in [0.15, 0.2) is 0 Å². The van der Waals surface area contributed by atoms with E-state index in [9.17, 15) is 14.7 Å². The molecule has 2 amide bonds. The molecule has 2 aliphatic rings. The monoisotopic (exact) mass is 297 g/mol. The fraction of sp³-hybridized carbons (Fsp3) is 0.867. The molecule has 2 N–H and O–H groups in total. The summed E-state index contributed by atoms with van der Waals surface area (Å²) >= 11 is 0. The smallest absolute Gasteiger partial charge is 0.222 e. The van der Waals surface area contributed by atoms with Gasteiger partial charge in [-0.3, -0.25) is 14.5 Å². The number of amides is 2. The molecule has 0 aromatic heterocycles. The molecular weight excluding hydrogens is 270 g/mol. The van der Waals surface area contributed by atoms with E-state index in [0.29, 0.717) is 25.9 Å². The SMILES string of the molecule is O=C(CCN1CCCC1=O)NCCN1CCCC[C@H]1CO. The topological polar surface area (TPSA) is 72.9 Å². The number of hydrogen-bond donors (Lipinski definition) is 2. The van der Waals surface area contributed by atoms with Crippen LogP contribution in [0.25, 0.3) is 0 Å². The molecule has 6 nitrogen and oxygen atoms in total. The van der Waals surface area contributed by atoms with Crippen LogP contribution in [0.5, 0.6) is 0 Å². The molecule has 0 unspecified atom stereocenters. The summed E-state index contributed by atoms with van der Waals surface area (Å²) in [6.45, 7) is 3.93. The van der Waals surface area contributed by atoms with Crippen LogP contribution in [-0.2, 0) is 9.59 Å². The van der Waals surface area contributed by atoms with Crippen LogP contribution in [0.3, 0.4) is 0 Å². The Kier molecular flexibility index (Phi) is 6.45. The first-order valence-corrected chi connectivity index (χ1v) is 8.10. The number of nitrogens with zero attached hydrogens (tertiary/aromatic N) is 2. The van der Waals surface area contributed by atoms with Crippen molar-refractivity contribution in [3.8, 4) is 0 Å².